The summed E-state index contributed by atoms with van der Waals surface area (Å²) in [6.07, 6.45) is 3.59. The van der Waals surface area contributed by atoms with E-state index in [-0.39, 0.29) is 18.3 Å². The Labute approximate surface area is 123 Å². The molecule has 2 amide bonds. The molecule has 4 N–H and O–H groups in total. The zero-order valence-electron chi connectivity index (χ0n) is 12.4. The summed E-state index contributed by atoms with van der Waals surface area (Å²) in [5, 5.41) is 18.3. The number of hydrogen-bond donors (Lipinski definition) is 4. The van der Waals surface area contributed by atoms with E-state index in [1.54, 1.807) is 14.1 Å². The standard InChI is InChI=1S/C13H22N6O2/c1-18(12(14)8-3-4-8)16-10(20)7-11(21)17-19(2)13(15)9-5-6-9/h8-9,14-15H,3-7H2,1-2H3,(H,16,20)(H,17,21). The molecular formula is C13H22N6O2. The third-order valence-corrected chi connectivity index (χ3v) is 3.56. The van der Waals surface area contributed by atoms with Crippen LogP contribution in [0.15, 0.2) is 0 Å². The van der Waals surface area contributed by atoms with Crippen LogP contribution in [0.4, 0.5) is 0 Å². The lowest BCUT2D eigenvalue weighted by Gasteiger charge is -2.22. The smallest absolute Gasteiger partial charge is 0.248 e. The van der Waals surface area contributed by atoms with E-state index in [1.807, 2.05) is 0 Å². The van der Waals surface area contributed by atoms with Crippen molar-refractivity contribution in [3.05, 3.63) is 0 Å². The number of carbonyl (C=O) groups is 2. The number of hydrogen-bond acceptors (Lipinski definition) is 4. The highest BCUT2D eigenvalue weighted by Crippen LogP contribution is 2.30. The highest BCUT2D eigenvalue weighted by Gasteiger charge is 2.30. The minimum Gasteiger partial charge on any atom is -0.287 e. The van der Waals surface area contributed by atoms with Crippen molar-refractivity contribution in [3.8, 4) is 0 Å². The van der Waals surface area contributed by atoms with Gasteiger partial charge in [0.15, 0.2) is 0 Å². The van der Waals surface area contributed by atoms with Crippen molar-refractivity contribution in [2.24, 2.45) is 11.8 Å². The molecular weight excluding hydrogens is 272 g/mol. The fraction of sp³-hybridized carbons (Fsp3) is 0.692. The lowest BCUT2D eigenvalue weighted by Crippen LogP contribution is -2.48. The van der Waals surface area contributed by atoms with Crippen molar-refractivity contribution in [2.45, 2.75) is 32.1 Å². The summed E-state index contributed by atoms with van der Waals surface area (Å²) < 4.78 is 0. The first kappa shape index (κ1) is 15.3. The Hall–Kier alpha value is -2.12. The number of rotatable bonds is 4. The van der Waals surface area contributed by atoms with Crippen LogP contribution in [-0.2, 0) is 9.59 Å². The minimum atomic E-state index is -0.466. The molecule has 0 aromatic heterocycles. The molecule has 0 aliphatic heterocycles. The quantitative estimate of drug-likeness (QED) is 0.254. The molecule has 8 nitrogen and oxygen atoms in total. The summed E-state index contributed by atoms with van der Waals surface area (Å²) in [6, 6.07) is 0. The predicted molar refractivity (Wildman–Crippen MR) is 77.3 cm³/mol. The maximum Gasteiger partial charge on any atom is 0.248 e. The van der Waals surface area contributed by atoms with Crippen LogP contribution >= 0.6 is 0 Å². The Morgan fingerprint density at radius 3 is 1.52 bits per heavy atom. The molecule has 8 heteroatoms. The van der Waals surface area contributed by atoms with Gasteiger partial charge in [0.05, 0.1) is 0 Å². The van der Waals surface area contributed by atoms with Gasteiger partial charge in [-0.05, 0) is 25.7 Å². The van der Waals surface area contributed by atoms with E-state index in [4.69, 9.17) is 10.8 Å². The van der Waals surface area contributed by atoms with E-state index in [9.17, 15) is 9.59 Å². The van der Waals surface area contributed by atoms with Crippen LogP contribution < -0.4 is 10.9 Å². The Morgan fingerprint density at radius 2 is 1.24 bits per heavy atom. The van der Waals surface area contributed by atoms with Crippen LogP contribution in [0.2, 0.25) is 0 Å². The van der Waals surface area contributed by atoms with E-state index >= 15 is 0 Å². The van der Waals surface area contributed by atoms with Gasteiger partial charge < -0.3 is 0 Å². The Bertz CT molecular complexity index is 427. The normalized spacial score (nSPS) is 16.9. The topological polar surface area (TPSA) is 112 Å². The van der Waals surface area contributed by atoms with Crippen LogP contribution in [0.1, 0.15) is 32.1 Å². The van der Waals surface area contributed by atoms with E-state index in [2.05, 4.69) is 10.9 Å². The van der Waals surface area contributed by atoms with E-state index in [0.29, 0.717) is 11.7 Å². The van der Waals surface area contributed by atoms with E-state index < -0.39 is 11.8 Å². The van der Waals surface area contributed by atoms with Gasteiger partial charge in [0.2, 0.25) is 11.8 Å². The molecule has 116 valence electrons. The van der Waals surface area contributed by atoms with Crippen molar-refractivity contribution in [2.75, 3.05) is 14.1 Å². The van der Waals surface area contributed by atoms with Crippen molar-refractivity contribution in [1.29, 1.82) is 10.8 Å². The average Bonchev–Trinajstić information content (AvgIpc) is 3.29. The van der Waals surface area contributed by atoms with Gasteiger partial charge in [0.25, 0.3) is 0 Å². The summed E-state index contributed by atoms with van der Waals surface area (Å²) >= 11 is 0. The number of amidine groups is 2. The Morgan fingerprint density at radius 1 is 0.905 bits per heavy atom. The van der Waals surface area contributed by atoms with Gasteiger partial charge in [0, 0.05) is 25.9 Å². The lowest BCUT2D eigenvalue weighted by atomic mass is 10.3. The second kappa shape index (κ2) is 6.11. The van der Waals surface area contributed by atoms with Crippen LogP contribution in [0.3, 0.4) is 0 Å². The van der Waals surface area contributed by atoms with Gasteiger partial charge >= 0.3 is 0 Å². The van der Waals surface area contributed by atoms with Crippen molar-refractivity contribution in [1.82, 2.24) is 20.9 Å². The van der Waals surface area contributed by atoms with Gasteiger partial charge in [0.1, 0.15) is 18.1 Å². The molecule has 2 saturated carbocycles. The van der Waals surface area contributed by atoms with Crippen LogP contribution in [0.25, 0.3) is 0 Å². The molecule has 0 heterocycles. The van der Waals surface area contributed by atoms with Gasteiger partial charge in [-0.1, -0.05) is 0 Å². The van der Waals surface area contributed by atoms with Crippen molar-refractivity contribution < 1.29 is 9.59 Å². The monoisotopic (exact) mass is 294 g/mol. The first-order chi connectivity index (χ1) is 9.88. The summed E-state index contributed by atoms with van der Waals surface area (Å²) in [4.78, 5) is 23.5. The second-order valence-electron chi connectivity index (χ2n) is 5.68. The zero-order valence-corrected chi connectivity index (χ0v) is 12.4. The summed E-state index contributed by atoms with van der Waals surface area (Å²) in [6.45, 7) is 0. The zero-order chi connectivity index (χ0) is 15.6. The van der Waals surface area contributed by atoms with Gasteiger partial charge in [-0.25, -0.2) is 0 Å². The number of amides is 2. The molecule has 0 aromatic carbocycles. The van der Waals surface area contributed by atoms with Crippen LogP contribution in [0.5, 0.6) is 0 Å². The molecule has 0 unspecified atom stereocenters. The number of nitrogens with one attached hydrogen (secondary N) is 4. The maximum absolute atomic E-state index is 11.7. The number of nitrogens with zero attached hydrogens (tertiary/aromatic N) is 2. The summed E-state index contributed by atoms with van der Waals surface area (Å²) in [5.41, 5.74) is 5.01. The SMILES string of the molecule is CN(NC(=O)CC(=O)NN(C)C(=N)C1CC1)C(=N)C1CC1. The van der Waals surface area contributed by atoms with Crippen molar-refractivity contribution >= 4 is 23.5 Å². The fourth-order valence-electron chi connectivity index (χ4n) is 1.98. The Balaban J connectivity index is 1.69. The van der Waals surface area contributed by atoms with E-state index in [1.165, 1.54) is 10.0 Å². The predicted octanol–water partition coefficient (Wildman–Crippen LogP) is 0.0770. The first-order valence-corrected chi connectivity index (χ1v) is 7.11. The summed E-state index contributed by atoms with van der Waals surface area (Å²) in [7, 11) is 3.21. The molecule has 2 aliphatic carbocycles. The molecule has 21 heavy (non-hydrogen) atoms. The second-order valence-corrected chi connectivity index (χ2v) is 5.68. The molecule has 2 fully saturated rings. The molecule has 0 radical (unpaired) electrons. The van der Waals surface area contributed by atoms with Gasteiger partial charge in [-0.2, -0.15) is 0 Å². The van der Waals surface area contributed by atoms with Crippen LogP contribution in [0, 0.1) is 22.7 Å². The van der Waals surface area contributed by atoms with Gasteiger partial charge in [-0.3, -0.25) is 41.3 Å². The number of hydrazine groups is 2. The van der Waals surface area contributed by atoms with E-state index in [0.717, 1.165) is 25.7 Å². The molecule has 0 bridgehead atoms. The summed E-state index contributed by atoms with van der Waals surface area (Å²) in [5.74, 6) is 0.273. The maximum atomic E-state index is 11.7. The largest absolute Gasteiger partial charge is 0.287 e. The molecule has 0 spiro atoms. The molecule has 0 aromatic rings. The van der Waals surface area contributed by atoms with Gasteiger partial charge in [-0.15, -0.1) is 0 Å². The highest BCUT2D eigenvalue weighted by atomic mass is 16.2. The molecule has 2 rings (SSSR count). The minimum absolute atomic E-state index is 0.231. The van der Waals surface area contributed by atoms with Crippen molar-refractivity contribution in [3.63, 3.8) is 0 Å². The average molecular weight is 294 g/mol. The third-order valence-electron chi connectivity index (χ3n) is 3.56. The first-order valence-electron chi connectivity index (χ1n) is 7.11. The molecule has 0 atom stereocenters. The highest BCUT2D eigenvalue weighted by molar-refractivity contribution is 5.98. The lowest BCUT2D eigenvalue weighted by molar-refractivity contribution is -0.132. The Kier molecular flexibility index (Phi) is 4.44. The molecule has 2 aliphatic rings. The molecule has 0 saturated heterocycles. The third kappa shape index (κ3) is 4.44. The van der Waals surface area contributed by atoms with Crippen LogP contribution in [-0.4, -0.2) is 47.6 Å². The fourth-order valence-corrected chi connectivity index (χ4v) is 1.98. The number of carbonyl (C=O) groups excluding carboxylic acids is 2.